The molecule has 52 heavy (non-hydrogen) atoms. The van der Waals surface area contributed by atoms with Gasteiger partial charge in [0.25, 0.3) is 0 Å². The molecule has 0 spiro atoms. The third kappa shape index (κ3) is 6.37. The molecule has 5 nitrogen and oxygen atoms in total. The minimum absolute atomic E-state index is 0.0203. The van der Waals surface area contributed by atoms with Gasteiger partial charge in [0.05, 0.1) is 4.90 Å². The van der Waals surface area contributed by atoms with Gasteiger partial charge in [0.1, 0.15) is 0 Å². The van der Waals surface area contributed by atoms with Crippen LogP contribution in [0, 0.1) is 17.8 Å². The molecule has 3 atom stereocenters. The van der Waals surface area contributed by atoms with E-state index in [9.17, 15) is 34.4 Å². The maximum absolute atomic E-state index is 13.6. The Morgan fingerprint density at radius 3 is 1.75 bits per heavy atom. The second kappa shape index (κ2) is 13.3. The highest BCUT2D eigenvalue weighted by atomic mass is 32.2. The number of benzene rings is 5. The lowest BCUT2D eigenvalue weighted by Gasteiger charge is -2.33. The van der Waals surface area contributed by atoms with Crippen LogP contribution in [-0.2, 0) is 26.4 Å². The molecule has 0 aromatic heterocycles. The fourth-order valence-electron chi connectivity index (χ4n) is 8.29. The summed E-state index contributed by atoms with van der Waals surface area (Å²) in [6.07, 6.45) is 3.64. The summed E-state index contributed by atoms with van der Waals surface area (Å²) >= 11 is 0. The van der Waals surface area contributed by atoms with Crippen molar-refractivity contribution < 1.29 is 39.0 Å². The normalized spacial score (nSPS) is 19.5. The number of alkyl halides is 4. The molecule has 0 radical (unpaired) electrons. The molecule has 3 aliphatic rings. The van der Waals surface area contributed by atoms with Crippen LogP contribution in [0.3, 0.4) is 0 Å². The zero-order valence-electron chi connectivity index (χ0n) is 28.1. The van der Waals surface area contributed by atoms with Crippen LogP contribution >= 0.6 is 0 Å². The van der Waals surface area contributed by atoms with Crippen LogP contribution < -0.4 is 0 Å². The van der Waals surface area contributed by atoms with Gasteiger partial charge in [0.15, 0.2) is 9.84 Å². The number of hydrogen-bond acceptors (Lipinski definition) is 4. The lowest BCUT2D eigenvalue weighted by atomic mass is 9.82. The van der Waals surface area contributed by atoms with Crippen molar-refractivity contribution in [3.8, 4) is 44.5 Å². The first-order valence-electron chi connectivity index (χ1n) is 17.0. The smallest absolute Gasteiger partial charge is 0.281 e. The van der Waals surface area contributed by atoms with E-state index in [-0.39, 0.29) is 12.3 Å². The summed E-state index contributed by atoms with van der Waals surface area (Å²) in [5.74, 6) is -6.95. The molecule has 0 aliphatic heterocycles. The van der Waals surface area contributed by atoms with E-state index in [0.717, 1.165) is 29.5 Å². The quantitative estimate of drug-likeness (QED) is 0.130. The van der Waals surface area contributed by atoms with E-state index in [0.29, 0.717) is 17.7 Å². The number of fused-ring (bicyclic) bond motifs is 5. The van der Waals surface area contributed by atoms with Crippen molar-refractivity contribution in [1.29, 1.82) is 0 Å². The van der Waals surface area contributed by atoms with E-state index in [1.54, 1.807) is 12.1 Å². The van der Waals surface area contributed by atoms with E-state index < -0.39 is 43.0 Å². The monoisotopic (exact) mass is 748 g/mol. The van der Waals surface area contributed by atoms with Gasteiger partial charge in [0.2, 0.25) is 0 Å². The van der Waals surface area contributed by atoms with Crippen LogP contribution in [0.1, 0.15) is 36.8 Å². The van der Waals surface area contributed by atoms with Gasteiger partial charge in [0, 0.05) is 12.2 Å². The Hall–Kier alpha value is -4.32. The summed E-state index contributed by atoms with van der Waals surface area (Å²) in [5.41, 5.74) is 12.1. The van der Waals surface area contributed by atoms with Crippen LogP contribution in [0.2, 0.25) is 0 Å². The van der Waals surface area contributed by atoms with Crippen molar-refractivity contribution in [3.05, 3.63) is 126 Å². The Kier molecular flexibility index (Phi) is 9.20. The largest absolute Gasteiger partial charge is 0.431 e. The molecule has 3 unspecified atom stereocenters. The molecule has 11 heteroatoms. The van der Waals surface area contributed by atoms with Crippen molar-refractivity contribution in [2.45, 2.75) is 48.2 Å². The van der Waals surface area contributed by atoms with Gasteiger partial charge < -0.3 is 0 Å². The SMILES string of the molecule is CS(=O)(=O)c1ccc(-c2cc3c(c(-c4ccccc4)c2-c2ccccc2)Cc2ccccc2-3)cc1.O=S(=O)(O)C(F)(F)C(F)(F)C1CC2CCC1C2. The molecule has 5 aromatic rings. The molecule has 1 N–H and O–H groups in total. The average molecular weight is 749 g/mol. The fraction of sp³-hybridized carbons (Fsp3) is 0.268. The molecule has 0 heterocycles. The summed E-state index contributed by atoms with van der Waals surface area (Å²) in [7, 11) is -9.36. The first-order chi connectivity index (χ1) is 24.6. The van der Waals surface area contributed by atoms with Crippen molar-refractivity contribution in [2.24, 2.45) is 17.8 Å². The van der Waals surface area contributed by atoms with E-state index in [2.05, 4.69) is 84.9 Å². The highest BCUT2D eigenvalue weighted by Crippen LogP contribution is 2.58. The topological polar surface area (TPSA) is 88.5 Å². The minimum atomic E-state index is -6.10. The van der Waals surface area contributed by atoms with E-state index in [1.807, 2.05) is 18.2 Å². The highest BCUT2D eigenvalue weighted by molar-refractivity contribution is 7.90. The van der Waals surface area contributed by atoms with E-state index in [1.165, 1.54) is 45.2 Å². The summed E-state index contributed by atoms with van der Waals surface area (Å²) in [4.78, 5) is 0.331. The molecule has 2 bridgehead atoms. The van der Waals surface area contributed by atoms with Crippen LogP contribution in [0.15, 0.2) is 120 Å². The predicted molar refractivity (Wildman–Crippen MR) is 194 cm³/mol. The van der Waals surface area contributed by atoms with Gasteiger partial charge in [-0.15, -0.1) is 0 Å². The number of halogens is 4. The zero-order chi connectivity index (χ0) is 37.1. The Bertz CT molecular complexity index is 2350. The maximum Gasteiger partial charge on any atom is 0.431 e. The Morgan fingerprint density at radius 2 is 1.21 bits per heavy atom. The van der Waals surface area contributed by atoms with Gasteiger partial charge in [-0.3, -0.25) is 4.55 Å². The van der Waals surface area contributed by atoms with Gasteiger partial charge in [-0.2, -0.15) is 26.0 Å². The molecule has 0 saturated heterocycles. The third-order valence-electron chi connectivity index (χ3n) is 10.7. The summed E-state index contributed by atoms with van der Waals surface area (Å²) in [6, 6.07) is 39.3. The average Bonchev–Trinajstić information content (AvgIpc) is 3.86. The van der Waals surface area contributed by atoms with Gasteiger partial charge in [-0.05, 0) is 111 Å². The van der Waals surface area contributed by atoms with Gasteiger partial charge >= 0.3 is 21.3 Å². The fourth-order valence-corrected chi connectivity index (χ4v) is 9.42. The van der Waals surface area contributed by atoms with Crippen molar-refractivity contribution in [2.75, 3.05) is 6.26 Å². The summed E-state index contributed by atoms with van der Waals surface area (Å²) < 4.78 is 107. The minimum Gasteiger partial charge on any atom is -0.281 e. The molecular formula is C41H36F4O5S2. The lowest BCUT2D eigenvalue weighted by molar-refractivity contribution is -0.202. The van der Waals surface area contributed by atoms with Crippen LogP contribution in [0.25, 0.3) is 44.5 Å². The maximum atomic E-state index is 13.6. The van der Waals surface area contributed by atoms with Gasteiger partial charge in [-0.25, -0.2) is 8.42 Å². The first kappa shape index (κ1) is 36.1. The van der Waals surface area contributed by atoms with Crippen LogP contribution in [0.5, 0.6) is 0 Å². The van der Waals surface area contributed by atoms with Gasteiger partial charge in [-0.1, -0.05) is 103 Å². The van der Waals surface area contributed by atoms with Crippen molar-refractivity contribution >= 4 is 20.0 Å². The summed E-state index contributed by atoms with van der Waals surface area (Å²) in [5, 5.41) is -5.41. The predicted octanol–water partition coefficient (Wildman–Crippen LogP) is 10.2. The Balaban J connectivity index is 0.000000208. The molecule has 8 rings (SSSR count). The number of hydrogen-bond donors (Lipinski definition) is 1. The molecular weight excluding hydrogens is 713 g/mol. The van der Waals surface area contributed by atoms with Crippen LogP contribution in [0.4, 0.5) is 17.6 Å². The molecule has 270 valence electrons. The Labute approximate surface area is 301 Å². The van der Waals surface area contributed by atoms with E-state index in [4.69, 9.17) is 4.55 Å². The zero-order valence-corrected chi connectivity index (χ0v) is 29.8. The molecule has 0 amide bonds. The first-order valence-corrected chi connectivity index (χ1v) is 20.3. The molecule has 2 fully saturated rings. The molecule has 3 aliphatic carbocycles. The lowest BCUT2D eigenvalue weighted by Crippen LogP contribution is -2.52. The second-order valence-corrected chi connectivity index (χ2v) is 17.4. The van der Waals surface area contributed by atoms with Crippen LogP contribution in [-0.4, -0.2) is 38.8 Å². The van der Waals surface area contributed by atoms with Crippen molar-refractivity contribution in [1.82, 2.24) is 0 Å². The Morgan fingerprint density at radius 1 is 0.635 bits per heavy atom. The third-order valence-corrected chi connectivity index (χ3v) is 12.8. The molecule has 5 aromatic carbocycles. The number of sulfone groups is 1. The molecule has 2 saturated carbocycles. The highest BCUT2D eigenvalue weighted by Gasteiger charge is 2.71. The number of rotatable bonds is 7. The second-order valence-electron chi connectivity index (χ2n) is 14.0. The van der Waals surface area contributed by atoms with Crippen molar-refractivity contribution in [3.63, 3.8) is 0 Å². The summed E-state index contributed by atoms with van der Waals surface area (Å²) in [6.45, 7) is 0. The van der Waals surface area contributed by atoms with E-state index >= 15 is 0 Å². The standard InChI is InChI=1S/C32H24O2S.C9H12F4O3S/c1-35(33,34)26-18-16-22(17-19-26)28-21-29-27-15-9-8-14-25(27)20-30(29)32(24-12-6-3-7-13-24)31(28)23-10-4-2-5-11-23;10-8(11,9(12,13)17(14,15)16)7-4-5-1-2-6(7)3-5/h2-19,21H,20H2,1H3;5-7H,1-4H2,(H,14,15,16).